The maximum absolute atomic E-state index is 5.57. The zero-order valence-corrected chi connectivity index (χ0v) is 10.3. The van der Waals surface area contributed by atoms with E-state index in [1.165, 1.54) is 45.2 Å². The Kier molecular flexibility index (Phi) is 5.59. The molecule has 1 aliphatic heterocycles. The van der Waals surface area contributed by atoms with Crippen LogP contribution >= 0.6 is 0 Å². The predicted octanol–water partition coefficient (Wildman–Crippen LogP) is 1.39. The Morgan fingerprint density at radius 2 is 2.06 bits per heavy atom. The summed E-state index contributed by atoms with van der Waals surface area (Å²) in [6, 6.07) is 0. The lowest BCUT2D eigenvalue weighted by Gasteiger charge is -2.22. The molecule has 2 fully saturated rings. The van der Waals surface area contributed by atoms with Crippen molar-refractivity contribution in [3.63, 3.8) is 0 Å². The van der Waals surface area contributed by atoms with Gasteiger partial charge < -0.3 is 15.4 Å². The van der Waals surface area contributed by atoms with E-state index < -0.39 is 0 Å². The van der Waals surface area contributed by atoms with Crippen molar-refractivity contribution in [2.75, 3.05) is 39.4 Å². The van der Waals surface area contributed by atoms with Crippen molar-refractivity contribution >= 4 is 0 Å². The van der Waals surface area contributed by atoms with Crippen molar-refractivity contribution in [1.29, 1.82) is 0 Å². The minimum atomic E-state index is 0.888. The van der Waals surface area contributed by atoms with E-state index in [1.807, 2.05) is 0 Å². The second-order valence-electron chi connectivity index (χ2n) is 5.27. The molecule has 1 aliphatic carbocycles. The Morgan fingerprint density at radius 1 is 1.12 bits per heavy atom. The van der Waals surface area contributed by atoms with Crippen LogP contribution in [0.15, 0.2) is 0 Å². The number of piperidine rings is 1. The second-order valence-corrected chi connectivity index (χ2v) is 5.27. The summed E-state index contributed by atoms with van der Waals surface area (Å²) in [5.74, 6) is 1.79. The predicted molar refractivity (Wildman–Crippen MR) is 66.6 cm³/mol. The first-order chi connectivity index (χ1) is 7.95. The molecule has 2 aliphatic rings. The van der Waals surface area contributed by atoms with Gasteiger partial charge in [0.15, 0.2) is 0 Å². The molecule has 0 spiro atoms. The smallest absolute Gasteiger partial charge is 0.0591 e. The molecule has 0 aromatic heterocycles. The summed E-state index contributed by atoms with van der Waals surface area (Å²) in [5, 5.41) is 6.94. The molecule has 1 heterocycles. The number of rotatable bonds is 8. The molecule has 3 nitrogen and oxygen atoms in total. The molecule has 16 heavy (non-hydrogen) atoms. The Labute approximate surface area is 99.3 Å². The molecule has 1 saturated carbocycles. The Bertz CT molecular complexity index is 177. The fraction of sp³-hybridized carbons (Fsp3) is 1.00. The molecule has 1 atom stereocenters. The summed E-state index contributed by atoms with van der Waals surface area (Å²) in [6.07, 6.45) is 6.86. The summed E-state index contributed by atoms with van der Waals surface area (Å²) in [5.41, 5.74) is 0. The highest BCUT2D eigenvalue weighted by Gasteiger charge is 2.20. The molecule has 1 saturated heterocycles. The lowest BCUT2D eigenvalue weighted by atomic mass is 9.96. The Hall–Kier alpha value is -0.120. The lowest BCUT2D eigenvalue weighted by molar-refractivity contribution is 0.126. The molecule has 94 valence electrons. The van der Waals surface area contributed by atoms with E-state index in [0.29, 0.717) is 0 Å². The van der Waals surface area contributed by atoms with Crippen molar-refractivity contribution in [3.05, 3.63) is 0 Å². The lowest BCUT2D eigenvalue weighted by Crippen LogP contribution is -2.32. The van der Waals surface area contributed by atoms with Gasteiger partial charge in [0.25, 0.3) is 0 Å². The van der Waals surface area contributed by atoms with Crippen LogP contribution in [-0.4, -0.2) is 39.4 Å². The van der Waals surface area contributed by atoms with E-state index in [9.17, 15) is 0 Å². The Balaban J connectivity index is 1.33. The SMILES string of the molecule is C1CNCC(CCNCCOCC2CC2)C1. The van der Waals surface area contributed by atoms with Gasteiger partial charge in [0.2, 0.25) is 0 Å². The zero-order valence-electron chi connectivity index (χ0n) is 10.3. The van der Waals surface area contributed by atoms with Crippen LogP contribution in [0.4, 0.5) is 0 Å². The summed E-state index contributed by atoms with van der Waals surface area (Å²) in [6.45, 7) is 6.50. The molecule has 0 amide bonds. The zero-order chi connectivity index (χ0) is 11.1. The first kappa shape index (κ1) is 12.3. The van der Waals surface area contributed by atoms with Crippen LogP contribution in [0.5, 0.6) is 0 Å². The van der Waals surface area contributed by atoms with Crippen LogP contribution < -0.4 is 10.6 Å². The number of hydrogen-bond acceptors (Lipinski definition) is 3. The van der Waals surface area contributed by atoms with E-state index in [2.05, 4.69) is 10.6 Å². The standard InChI is InChI=1S/C13H26N2O/c1-2-12(10-15-6-1)5-7-14-8-9-16-11-13-3-4-13/h12-15H,1-11H2. The van der Waals surface area contributed by atoms with Crippen molar-refractivity contribution in [3.8, 4) is 0 Å². The minimum absolute atomic E-state index is 0.888. The van der Waals surface area contributed by atoms with Gasteiger partial charge in [0.05, 0.1) is 6.61 Å². The quantitative estimate of drug-likeness (QED) is 0.614. The van der Waals surface area contributed by atoms with E-state index in [4.69, 9.17) is 4.74 Å². The van der Waals surface area contributed by atoms with Crippen LogP contribution in [0.1, 0.15) is 32.1 Å². The molecule has 3 heteroatoms. The van der Waals surface area contributed by atoms with Crippen LogP contribution in [0.3, 0.4) is 0 Å². The summed E-state index contributed by atoms with van der Waals surface area (Å²) in [4.78, 5) is 0. The Morgan fingerprint density at radius 3 is 2.81 bits per heavy atom. The number of ether oxygens (including phenoxy) is 1. The molecule has 0 radical (unpaired) electrons. The summed E-state index contributed by atoms with van der Waals surface area (Å²) >= 11 is 0. The monoisotopic (exact) mass is 226 g/mol. The van der Waals surface area contributed by atoms with Crippen molar-refractivity contribution < 1.29 is 4.74 Å². The molecule has 0 aromatic rings. The molecular formula is C13H26N2O. The van der Waals surface area contributed by atoms with Gasteiger partial charge in [-0.25, -0.2) is 0 Å². The maximum atomic E-state index is 5.57. The van der Waals surface area contributed by atoms with Gasteiger partial charge in [-0.1, -0.05) is 0 Å². The third-order valence-electron chi connectivity index (χ3n) is 3.60. The summed E-state index contributed by atoms with van der Waals surface area (Å²) in [7, 11) is 0. The van der Waals surface area contributed by atoms with Crippen molar-refractivity contribution in [1.82, 2.24) is 10.6 Å². The first-order valence-electron chi connectivity index (χ1n) is 6.94. The molecular weight excluding hydrogens is 200 g/mol. The van der Waals surface area contributed by atoms with Gasteiger partial charge >= 0.3 is 0 Å². The van der Waals surface area contributed by atoms with Gasteiger partial charge in [-0.05, 0) is 63.6 Å². The maximum Gasteiger partial charge on any atom is 0.0591 e. The highest BCUT2D eigenvalue weighted by atomic mass is 16.5. The molecule has 0 bridgehead atoms. The van der Waals surface area contributed by atoms with E-state index in [1.54, 1.807) is 0 Å². The van der Waals surface area contributed by atoms with Crippen molar-refractivity contribution in [2.24, 2.45) is 11.8 Å². The highest BCUT2D eigenvalue weighted by molar-refractivity contribution is 4.72. The fourth-order valence-corrected chi connectivity index (χ4v) is 2.28. The van der Waals surface area contributed by atoms with Crippen LogP contribution in [-0.2, 0) is 4.74 Å². The highest BCUT2D eigenvalue weighted by Crippen LogP contribution is 2.28. The second kappa shape index (κ2) is 7.25. The largest absolute Gasteiger partial charge is 0.380 e. The fourth-order valence-electron chi connectivity index (χ4n) is 2.28. The molecule has 1 unspecified atom stereocenters. The van der Waals surface area contributed by atoms with Crippen LogP contribution in [0, 0.1) is 11.8 Å². The first-order valence-corrected chi connectivity index (χ1v) is 6.94. The minimum Gasteiger partial charge on any atom is -0.380 e. The normalized spacial score (nSPS) is 25.9. The van der Waals surface area contributed by atoms with Gasteiger partial charge in [-0.2, -0.15) is 0 Å². The third-order valence-corrected chi connectivity index (χ3v) is 3.60. The van der Waals surface area contributed by atoms with Crippen LogP contribution in [0.2, 0.25) is 0 Å². The van der Waals surface area contributed by atoms with Gasteiger partial charge in [0, 0.05) is 13.2 Å². The van der Waals surface area contributed by atoms with Gasteiger partial charge in [-0.15, -0.1) is 0 Å². The summed E-state index contributed by atoms with van der Waals surface area (Å²) < 4.78 is 5.57. The topological polar surface area (TPSA) is 33.3 Å². The van der Waals surface area contributed by atoms with Gasteiger partial charge in [0.1, 0.15) is 0 Å². The van der Waals surface area contributed by atoms with E-state index in [-0.39, 0.29) is 0 Å². The molecule has 2 N–H and O–H groups in total. The van der Waals surface area contributed by atoms with E-state index >= 15 is 0 Å². The van der Waals surface area contributed by atoms with E-state index in [0.717, 1.165) is 38.1 Å². The number of nitrogens with one attached hydrogen (secondary N) is 2. The number of hydrogen-bond donors (Lipinski definition) is 2. The van der Waals surface area contributed by atoms with Gasteiger partial charge in [-0.3, -0.25) is 0 Å². The molecule has 0 aromatic carbocycles. The average molecular weight is 226 g/mol. The van der Waals surface area contributed by atoms with Crippen molar-refractivity contribution in [2.45, 2.75) is 32.1 Å². The van der Waals surface area contributed by atoms with Crippen LogP contribution in [0.25, 0.3) is 0 Å². The average Bonchev–Trinajstić information content (AvgIpc) is 3.13. The molecule has 2 rings (SSSR count). The third kappa shape index (κ3) is 5.28.